The Morgan fingerprint density at radius 1 is 1.27 bits per heavy atom. The Balaban J connectivity index is 2.60. The van der Waals surface area contributed by atoms with Crippen LogP contribution in [0.2, 0.25) is 5.02 Å². The molecule has 2 rings (SSSR count). The van der Waals surface area contributed by atoms with Gasteiger partial charge in [0, 0.05) is 16.8 Å². The van der Waals surface area contributed by atoms with E-state index in [1.54, 1.807) is 13.8 Å². The summed E-state index contributed by atoms with van der Waals surface area (Å²) >= 11 is 5.99. The molecule has 0 bridgehead atoms. The molecule has 1 aromatic carbocycles. The van der Waals surface area contributed by atoms with Gasteiger partial charge in [-0.15, -0.1) is 0 Å². The third-order valence-electron chi connectivity index (χ3n) is 3.33. The maximum atomic E-state index is 13.3. The highest BCUT2D eigenvalue weighted by Gasteiger charge is 2.39. The highest BCUT2D eigenvalue weighted by atomic mass is 35.5. The summed E-state index contributed by atoms with van der Waals surface area (Å²) in [4.78, 5) is 27.6. The molecular formula is C15H19ClN3O6P. The lowest BCUT2D eigenvalue weighted by Crippen LogP contribution is -2.26. The molecule has 0 saturated carbocycles. The lowest BCUT2D eigenvalue weighted by Gasteiger charge is -2.28. The van der Waals surface area contributed by atoms with Gasteiger partial charge in [0.05, 0.1) is 13.2 Å². The number of H-pyrrole nitrogens is 2. The minimum atomic E-state index is -3.87. The highest BCUT2D eigenvalue weighted by molar-refractivity contribution is 7.54. The molecule has 1 unspecified atom stereocenters. The summed E-state index contributed by atoms with van der Waals surface area (Å²) in [5.74, 6) is -1.46. The predicted octanol–water partition coefficient (Wildman–Crippen LogP) is 2.80. The molecule has 0 radical (unpaired) electrons. The first kappa shape index (κ1) is 20.3. The summed E-state index contributed by atoms with van der Waals surface area (Å²) < 4.78 is 24.0. The summed E-state index contributed by atoms with van der Waals surface area (Å²) in [5, 5.41) is 13.2. The van der Waals surface area contributed by atoms with Crippen LogP contribution >= 0.6 is 19.2 Å². The van der Waals surface area contributed by atoms with Gasteiger partial charge >= 0.3 is 13.3 Å². The van der Waals surface area contributed by atoms with Crippen LogP contribution < -0.4 is 16.6 Å². The number of benzene rings is 1. The number of aromatic amines is 2. The standard InChI is InChI=1S/C15H19ClN3O6P/c1-3-24-26(23,25-4-2)14(10-7-9(16)5-6-12(10)20)18-11-8-17-15(22)19-13(11)21/h5-8,14,18,20H,3-4H2,1-2H3,(H2,17,19,21,22). The van der Waals surface area contributed by atoms with Gasteiger partial charge in [-0.25, -0.2) is 4.79 Å². The summed E-state index contributed by atoms with van der Waals surface area (Å²) in [6.45, 7) is 3.40. The number of aromatic nitrogens is 2. The van der Waals surface area contributed by atoms with E-state index in [0.717, 1.165) is 6.20 Å². The fraction of sp³-hybridized carbons (Fsp3) is 0.333. The Bertz CT molecular complexity index is 918. The molecule has 11 heteroatoms. The van der Waals surface area contributed by atoms with E-state index in [2.05, 4.69) is 10.3 Å². The highest BCUT2D eigenvalue weighted by Crippen LogP contribution is 2.61. The average molecular weight is 404 g/mol. The van der Waals surface area contributed by atoms with Gasteiger partial charge in [0.25, 0.3) is 5.56 Å². The van der Waals surface area contributed by atoms with Crippen LogP contribution in [0.3, 0.4) is 0 Å². The van der Waals surface area contributed by atoms with Crippen molar-refractivity contribution in [2.75, 3.05) is 18.5 Å². The molecule has 142 valence electrons. The molecule has 0 fully saturated rings. The molecule has 4 N–H and O–H groups in total. The second-order valence-corrected chi connectivity index (χ2v) is 7.66. The molecule has 1 atom stereocenters. The quantitative estimate of drug-likeness (QED) is 0.498. The number of nitrogens with one attached hydrogen (secondary N) is 3. The molecule has 2 aromatic rings. The van der Waals surface area contributed by atoms with Crippen molar-refractivity contribution in [1.29, 1.82) is 0 Å². The minimum Gasteiger partial charge on any atom is -0.508 e. The average Bonchev–Trinajstić information content (AvgIpc) is 2.57. The third-order valence-corrected chi connectivity index (χ3v) is 5.84. The van der Waals surface area contributed by atoms with Gasteiger partial charge in [0.15, 0.2) is 5.78 Å². The fourth-order valence-corrected chi connectivity index (χ4v) is 4.40. The van der Waals surface area contributed by atoms with Crippen LogP contribution in [0.5, 0.6) is 5.75 Å². The molecule has 0 aliphatic heterocycles. The van der Waals surface area contributed by atoms with Crippen molar-refractivity contribution in [2.24, 2.45) is 0 Å². The number of rotatable bonds is 8. The van der Waals surface area contributed by atoms with E-state index in [1.807, 2.05) is 4.98 Å². The first-order valence-electron chi connectivity index (χ1n) is 7.76. The Morgan fingerprint density at radius 3 is 2.50 bits per heavy atom. The molecule has 1 heterocycles. The smallest absolute Gasteiger partial charge is 0.357 e. The van der Waals surface area contributed by atoms with Gasteiger partial charge in [-0.3, -0.25) is 14.3 Å². The zero-order chi connectivity index (χ0) is 19.3. The maximum absolute atomic E-state index is 13.3. The van der Waals surface area contributed by atoms with Crippen molar-refractivity contribution >= 4 is 24.9 Å². The van der Waals surface area contributed by atoms with Crippen LogP contribution in [0.25, 0.3) is 0 Å². The van der Waals surface area contributed by atoms with E-state index in [-0.39, 0.29) is 35.2 Å². The number of aromatic hydroxyl groups is 1. The van der Waals surface area contributed by atoms with Gasteiger partial charge < -0.3 is 24.5 Å². The number of halogens is 1. The van der Waals surface area contributed by atoms with Crippen molar-refractivity contribution in [3.05, 3.63) is 55.8 Å². The van der Waals surface area contributed by atoms with Gasteiger partial charge in [-0.05, 0) is 32.0 Å². The van der Waals surface area contributed by atoms with Crippen molar-refractivity contribution < 1.29 is 18.7 Å². The van der Waals surface area contributed by atoms with Gasteiger partial charge in [-0.2, -0.15) is 0 Å². The van der Waals surface area contributed by atoms with Gasteiger partial charge in [-0.1, -0.05) is 11.6 Å². The SMILES string of the molecule is CCOP(=O)(OCC)C(Nc1c[nH]c(=O)[nH]c1=O)c1cc(Cl)ccc1O. The van der Waals surface area contributed by atoms with Crippen molar-refractivity contribution in [1.82, 2.24) is 9.97 Å². The van der Waals surface area contributed by atoms with Crippen LogP contribution in [0, 0.1) is 0 Å². The lowest BCUT2D eigenvalue weighted by molar-refractivity contribution is 0.213. The number of anilines is 1. The van der Waals surface area contributed by atoms with E-state index >= 15 is 0 Å². The minimum absolute atomic E-state index is 0.0682. The molecule has 0 aliphatic carbocycles. The second kappa shape index (κ2) is 8.55. The maximum Gasteiger partial charge on any atom is 0.357 e. The first-order chi connectivity index (χ1) is 12.3. The number of hydrogen-bond acceptors (Lipinski definition) is 7. The van der Waals surface area contributed by atoms with E-state index in [9.17, 15) is 19.3 Å². The number of phenolic OH excluding ortho intramolecular Hbond substituents is 1. The van der Waals surface area contributed by atoms with Crippen LogP contribution in [-0.2, 0) is 13.6 Å². The lowest BCUT2D eigenvalue weighted by atomic mass is 10.2. The van der Waals surface area contributed by atoms with Gasteiger partial charge in [0.1, 0.15) is 11.4 Å². The van der Waals surface area contributed by atoms with Crippen LogP contribution in [0.4, 0.5) is 5.69 Å². The zero-order valence-electron chi connectivity index (χ0n) is 14.1. The topological polar surface area (TPSA) is 134 Å². The molecule has 1 aromatic heterocycles. The van der Waals surface area contributed by atoms with Crippen molar-refractivity contribution in [2.45, 2.75) is 19.6 Å². The zero-order valence-corrected chi connectivity index (χ0v) is 15.8. The summed E-state index contributed by atoms with van der Waals surface area (Å²) in [6.07, 6.45) is 1.12. The Morgan fingerprint density at radius 2 is 1.92 bits per heavy atom. The molecule has 0 spiro atoms. The third kappa shape index (κ3) is 4.56. The first-order valence-corrected chi connectivity index (χ1v) is 9.75. The summed E-state index contributed by atoms with van der Waals surface area (Å²) in [7, 11) is -3.87. The predicted molar refractivity (Wildman–Crippen MR) is 98.0 cm³/mol. The summed E-state index contributed by atoms with van der Waals surface area (Å²) in [5.41, 5.74) is -1.40. The van der Waals surface area contributed by atoms with E-state index < -0.39 is 24.6 Å². The molecule has 0 amide bonds. The Hall–Kier alpha value is -2.06. The number of hydrogen-bond donors (Lipinski definition) is 4. The fourth-order valence-electron chi connectivity index (χ4n) is 2.28. The molecule has 0 saturated heterocycles. The monoisotopic (exact) mass is 403 g/mol. The Labute approximate surface area is 153 Å². The second-order valence-electron chi connectivity index (χ2n) is 5.11. The normalized spacial score (nSPS) is 12.7. The van der Waals surface area contributed by atoms with Crippen molar-refractivity contribution in [3.8, 4) is 5.75 Å². The van der Waals surface area contributed by atoms with Crippen LogP contribution in [0.1, 0.15) is 25.2 Å². The Kier molecular flexibility index (Phi) is 6.66. The van der Waals surface area contributed by atoms with E-state index in [1.165, 1.54) is 18.2 Å². The van der Waals surface area contributed by atoms with Crippen LogP contribution in [0.15, 0.2) is 34.0 Å². The van der Waals surface area contributed by atoms with Crippen molar-refractivity contribution in [3.63, 3.8) is 0 Å². The number of phenols is 1. The molecule has 0 aliphatic rings. The largest absolute Gasteiger partial charge is 0.508 e. The van der Waals surface area contributed by atoms with Crippen LogP contribution in [-0.4, -0.2) is 28.3 Å². The molecule has 26 heavy (non-hydrogen) atoms. The van der Waals surface area contributed by atoms with Gasteiger partial charge in [0.2, 0.25) is 0 Å². The van der Waals surface area contributed by atoms with E-state index in [4.69, 9.17) is 20.6 Å². The molecular weight excluding hydrogens is 385 g/mol. The van der Waals surface area contributed by atoms with E-state index in [0.29, 0.717) is 0 Å². The summed E-state index contributed by atoms with van der Waals surface area (Å²) in [6, 6.07) is 4.17. The molecule has 9 nitrogen and oxygen atoms in total.